The zero-order chi connectivity index (χ0) is 17.0. The Morgan fingerprint density at radius 2 is 2.04 bits per heavy atom. The first-order chi connectivity index (χ1) is 11.5. The molecule has 1 amide bonds. The maximum Gasteiger partial charge on any atom is 0.267 e. The van der Waals surface area contributed by atoms with Gasteiger partial charge in [0.2, 0.25) is 5.60 Å². The second-order valence-electron chi connectivity index (χ2n) is 7.15. The molecule has 0 aromatic heterocycles. The van der Waals surface area contributed by atoms with Crippen LogP contribution in [0.5, 0.6) is 0 Å². The molecule has 1 unspecified atom stereocenters. The van der Waals surface area contributed by atoms with Crippen molar-refractivity contribution in [2.75, 3.05) is 19.6 Å². The van der Waals surface area contributed by atoms with E-state index in [0.717, 1.165) is 44.6 Å². The maximum absolute atomic E-state index is 12.5. The fourth-order valence-electron chi connectivity index (χ4n) is 3.42. The minimum Gasteiger partial charge on any atom is -0.379 e. The molecule has 0 radical (unpaired) electrons. The highest BCUT2D eigenvalue weighted by Crippen LogP contribution is 2.24. The molecular weight excluding hydrogens is 302 g/mol. The van der Waals surface area contributed by atoms with Crippen LogP contribution >= 0.6 is 0 Å². The molecule has 0 aliphatic carbocycles. The van der Waals surface area contributed by atoms with E-state index in [9.17, 15) is 4.79 Å². The number of rotatable bonds is 5. The number of amides is 1. The zero-order valence-electron chi connectivity index (χ0n) is 14.6. The van der Waals surface area contributed by atoms with Gasteiger partial charge in [-0.1, -0.05) is 35.5 Å². The third-order valence-corrected chi connectivity index (χ3v) is 4.96. The van der Waals surface area contributed by atoms with E-state index in [1.807, 2.05) is 13.8 Å². The van der Waals surface area contributed by atoms with Gasteiger partial charge in [-0.2, -0.15) is 0 Å². The van der Waals surface area contributed by atoms with Crippen LogP contribution in [0.3, 0.4) is 0 Å². The van der Waals surface area contributed by atoms with Gasteiger partial charge in [-0.15, -0.1) is 0 Å². The Labute approximate surface area is 144 Å². The first kappa shape index (κ1) is 17.0. The number of piperidine rings is 1. The van der Waals surface area contributed by atoms with E-state index in [-0.39, 0.29) is 11.9 Å². The van der Waals surface area contributed by atoms with Gasteiger partial charge in [-0.3, -0.25) is 4.79 Å². The first-order valence-corrected chi connectivity index (χ1v) is 8.84. The second-order valence-corrected chi connectivity index (χ2v) is 7.15. The molecular formula is C19H27N3O2. The molecule has 1 fully saturated rings. The van der Waals surface area contributed by atoms with Crippen LogP contribution in [-0.2, 0) is 16.1 Å². The van der Waals surface area contributed by atoms with E-state index in [1.165, 1.54) is 5.56 Å². The summed E-state index contributed by atoms with van der Waals surface area (Å²) in [6, 6.07) is 10.8. The van der Waals surface area contributed by atoms with Crippen LogP contribution in [0.15, 0.2) is 35.5 Å². The number of likely N-dealkylation sites (tertiary alicyclic amines) is 1. The van der Waals surface area contributed by atoms with Gasteiger partial charge in [0.25, 0.3) is 5.91 Å². The smallest absolute Gasteiger partial charge is 0.267 e. The minimum atomic E-state index is -0.825. The lowest BCUT2D eigenvalue weighted by Crippen LogP contribution is -2.51. The van der Waals surface area contributed by atoms with E-state index >= 15 is 0 Å². The predicted octanol–water partition coefficient (Wildman–Crippen LogP) is 2.36. The molecule has 1 saturated heterocycles. The number of hydrogen-bond acceptors (Lipinski definition) is 4. The topological polar surface area (TPSA) is 53.9 Å². The number of oxime groups is 1. The van der Waals surface area contributed by atoms with Gasteiger partial charge in [0, 0.05) is 32.1 Å². The van der Waals surface area contributed by atoms with Gasteiger partial charge in [0.15, 0.2) is 0 Å². The van der Waals surface area contributed by atoms with Crippen LogP contribution < -0.4 is 5.32 Å². The number of benzene rings is 1. The molecule has 1 atom stereocenters. The fourth-order valence-corrected chi connectivity index (χ4v) is 3.42. The van der Waals surface area contributed by atoms with Crippen molar-refractivity contribution in [1.29, 1.82) is 0 Å². The van der Waals surface area contributed by atoms with Crippen LogP contribution in [0, 0.1) is 0 Å². The largest absolute Gasteiger partial charge is 0.379 e. The van der Waals surface area contributed by atoms with E-state index in [4.69, 9.17) is 4.84 Å². The molecule has 0 saturated carbocycles. The highest BCUT2D eigenvalue weighted by molar-refractivity contribution is 5.94. The van der Waals surface area contributed by atoms with Crippen molar-refractivity contribution in [2.24, 2.45) is 5.16 Å². The van der Waals surface area contributed by atoms with Gasteiger partial charge in [0.05, 0.1) is 5.71 Å². The molecule has 0 bridgehead atoms. The fraction of sp³-hybridized carbons (Fsp3) is 0.579. The van der Waals surface area contributed by atoms with E-state index in [1.54, 1.807) is 0 Å². The molecule has 0 spiro atoms. The molecule has 2 aliphatic rings. The highest BCUT2D eigenvalue weighted by atomic mass is 16.7. The Morgan fingerprint density at radius 3 is 2.67 bits per heavy atom. The number of nitrogens with zero attached hydrogens (tertiary/aromatic N) is 2. The molecule has 2 heterocycles. The average Bonchev–Trinajstić information content (AvgIpc) is 2.95. The van der Waals surface area contributed by atoms with Crippen LogP contribution in [0.25, 0.3) is 0 Å². The summed E-state index contributed by atoms with van der Waals surface area (Å²) in [4.78, 5) is 20.3. The van der Waals surface area contributed by atoms with Crippen molar-refractivity contribution < 1.29 is 9.63 Å². The highest BCUT2D eigenvalue weighted by Gasteiger charge is 2.41. The van der Waals surface area contributed by atoms with Crippen molar-refractivity contribution in [3.63, 3.8) is 0 Å². The summed E-state index contributed by atoms with van der Waals surface area (Å²) in [7, 11) is 0. The number of nitrogens with one attached hydrogen (secondary N) is 1. The molecule has 5 nitrogen and oxygen atoms in total. The van der Waals surface area contributed by atoms with E-state index in [0.29, 0.717) is 6.42 Å². The molecule has 130 valence electrons. The standard InChI is InChI=1S/C19H27N3O2/c1-15-14-19(2,24-21-15)18(23)20-17-9-12-22(13-10-17)11-8-16-6-4-3-5-7-16/h3-7,17H,8-14H2,1-2H3,(H,20,23). The summed E-state index contributed by atoms with van der Waals surface area (Å²) in [5.41, 5.74) is 1.44. The Morgan fingerprint density at radius 1 is 1.33 bits per heavy atom. The Balaban J connectivity index is 1.40. The van der Waals surface area contributed by atoms with Gasteiger partial charge in [-0.05, 0) is 38.7 Å². The van der Waals surface area contributed by atoms with Crippen LogP contribution in [0.2, 0.25) is 0 Å². The molecule has 1 N–H and O–H groups in total. The van der Waals surface area contributed by atoms with Crippen molar-refractivity contribution in [3.8, 4) is 0 Å². The van der Waals surface area contributed by atoms with Gasteiger partial charge >= 0.3 is 0 Å². The van der Waals surface area contributed by atoms with Crippen LogP contribution in [0.4, 0.5) is 0 Å². The van der Waals surface area contributed by atoms with Gasteiger partial charge in [0.1, 0.15) is 0 Å². The summed E-state index contributed by atoms with van der Waals surface area (Å²) in [6.07, 6.45) is 3.65. The minimum absolute atomic E-state index is 0.0363. The summed E-state index contributed by atoms with van der Waals surface area (Å²) < 4.78 is 0. The van der Waals surface area contributed by atoms with Crippen LogP contribution in [0.1, 0.15) is 38.7 Å². The molecule has 2 aliphatic heterocycles. The lowest BCUT2D eigenvalue weighted by molar-refractivity contribution is -0.142. The van der Waals surface area contributed by atoms with E-state index < -0.39 is 5.60 Å². The van der Waals surface area contributed by atoms with Gasteiger partial charge < -0.3 is 15.1 Å². The number of carbonyl (C=O) groups is 1. The third-order valence-electron chi connectivity index (χ3n) is 4.96. The Kier molecular flexibility index (Phi) is 5.19. The summed E-state index contributed by atoms with van der Waals surface area (Å²) in [5, 5.41) is 7.07. The van der Waals surface area contributed by atoms with Gasteiger partial charge in [-0.25, -0.2) is 0 Å². The first-order valence-electron chi connectivity index (χ1n) is 8.84. The molecule has 24 heavy (non-hydrogen) atoms. The SMILES string of the molecule is CC1=NOC(C)(C(=O)NC2CCN(CCc3ccccc3)CC2)C1. The lowest BCUT2D eigenvalue weighted by Gasteiger charge is -2.33. The average molecular weight is 329 g/mol. The summed E-state index contributed by atoms with van der Waals surface area (Å²) in [6.45, 7) is 6.86. The molecule has 5 heteroatoms. The van der Waals surface area contributed by atoms with Crippen molar-refractivity contribution >= 4 is 11.6 Å². The van der Waals surface area contributed by atoms with Crippen molar-refractivity contribution in [1.82, 2.24) is 10.2 Å². The van der Waals surface area contributed by atoms with Crippen molar-refractivity contribution in [2.45, 2.75) is 51.2 Å². The number of hydrogen-bond donors (Lipinski definition) is 1. The molecule has 1 aromatic rings. The molecule has 3 rings (SSSR count). The van der Waals surface area contributed by atoms with Crippen molar-refractivity contribution in [3.05, 3.63) is 35.9 Å². The lowest BCUT2D eigenvalue weighted by atomic mass is 9.97. The second kappa shape index (κ2) is 7.34. The maximum atomic E-state index is 12.5. The monoisotopic (exact) mass is 329 g/mol. The predicted molar refractivity (Wildman–Crippen MR) is 95.0 cm³/mol. The summed E-state index contributed by atoms with van der Waals surface area (Å²) >= 11 is 0. The normalized spacial score (nSPS) is 25.2. The molecule has 1 aromatic carbocycles. The Hall–Kier alpha value is -1.88. The quantitative estimate of drug-likeness (QED) is 0.902. The zero-order valence-corrected chi connectivity index (χ0v) is 14.6. The Bertz CT molecular complexity index is 594. The summed E-state index contributed by atoms with van der Waals surface area (Å²) in [5.74, 6) is -0.0363. The van der Waals surface area contributed by atoms with Crippen LogP contribution in [-0.4, -0.2) is 47.8 Å². The number of carbonyl (C=O) groups excluding carboxylic acids is 1. The van der Waals surface area contributed by atoms with E-state index in [2.05, 4.69) is 45.7 Å². The third kappa shape index (κ3) is 4.15.